The maximum absolute atomic E-state index is 11.6. The Bertz CT molecular complexity index is 455. The van der Waals surface area contributed by atoms with Crippen molar-refractivity contribution in [3.05, 3.63) is 18.3 Å². The standard InChI is InChI=1S/C12H20N2O3S/c1-4-17-12-6-5-11(9-14-12)13-7-8-18(15,16)10(2)3/h5-6,9-10,13H,4,7-8H2,1-3H3. The lowest BCUT2D eigenvalue weighted by Gasteiger charge is -2.09. The van der Waals surface area contributed by atoms with Crippen LogP contribution in [0.4, 0.5) is 5.69 Å². The molecule has 0 bridgehead atoms. The summed E-state index contributed by atoms with van der Waals surface area (Å²) in [4.78, 5) is 4.08. The number of nitrogens with zero attached hydrogens (tertiary/aromatic N) is 1. The van der Waals surface area contributed by atoms with Crippen LogP contribution in [-0.2, 0) is 9.84 Å². The van der Waals surface area contributed by atoms with Gasteiger partial charge in [0.2, 0.25) is 5.88 Å². The van der Waals surface area contributed by atoms with Gasteiger partial charge in [0.1, 0.15) is 0 Å². The number of ether oxygens (including phenoxy) is 1. The third-order valence-corrected chi connectivity index (χ3v) is 4.67. The molecule has 1 heterocycles. The van der Waals surface area contributed by atoms with Crippen LogP contribution < -0.4 is 10.1 Å². The molecule has 18 heavy (non-hydrogen) atoms. The summed E-state index contributed by atoms with van der Waals surface area (Å²) in [6.45, 7) is 6.23. The molecule has 1 aromatic heterocycles. The fourth-order valence-electron chi connectivity index (χ4n) is 1.29. The quantitative estimate of drug-likeness (QED) is 0.818. The molecule has 0 aliphatic heterocycles. The predicted octanol–water partition coefficient (Wildman–Crippen LogP) is 1.72. The highest BCUT2D eigenvalue weighted by Gasteiger charge is 2.14. The van der Waals surface area contributed by atoms with Gasteiger partial charge in [-0.2, -0.15) is 0 Å². The van der Waals surface area contributed by atoms with Crippen LogP contribution in [0, 0.1) is 0 Å². The van der Waals surface area contributed by atoms with Gasteiger partial charge >= 0.3 is 0 Å². The molecule has 0 radical (unpaired) electrons. The van der Waals surface area contributed by atoms with Gasteiger partial charge in [-0.15, -0.1) is 0 Å². The lowest BCUT2D eigenvalue weighted by molar-refractivity contribution is 0.327. The second-order valence-electron chi connectivity index (χ2n) is 4.16. The number of pyridine rings is 1. The molecule has 0 aromatic carbocycles. The molecule has 0 amide bonds. The molecule has 0 saturated heterocycles. The Morgan fingerprint density at radius 1 is 1.39 bits per heavy atom. The Labute approximate surface area is 108 Å². The van der Waals surface area contributed by atoms with E-state index in [1.165, 1.54) is 0 Å². The highest BCUT2D eigenvalue weighted by molar-refractivity contribution is 7.92. The van der Waals surface area contributed by atoms with E-state index in [2.05, 4.69) is 10.3 Å². The topological polar surface area (TPSA) is 68.3 Å². The Hall–Kier alpha value is -1.30. The summed E-state index contributed by atoms with van der Waals surface area (Å²) in [5.41, 5.74) is 0.789. The van der Waals surface area contributed by atoms with Crippen LogP contribution in [0.5, 0.6) is 5.88 Å². The van der Waals surface area contributed by atoms with E-state index >= 15 is 0 Å². The zero-order valence-electron chi connectivity index (χ0n) is 11.0. The minimum Gasteiger partial charge on any atom is -0.478 e. The second kappa shape index (κ2) is 6.58. The smallest absolute Gasteiger partial charge is 0.213 e. The first kappa shape index (κ1) is 14.8. The number of aromatic nitrogens is 1. The first-order valence-corrected chi connectivity index (χ1v) is 7.71. The average Bonchev–Trinajstić information content (AvgIpc) is 2.31. The maximum atomic E-state index is 11.6. The molecule has 0 aliphatic carbocycles. The molecule has 1 aromatic rings. The Kier molecular flexibility index (Phi) is 5.40. The van der Waals surface area contributed by atoms with E-state index in [4.69, 9.17) is 4.74 Å². The summed E-state index contributed by atoms with van der Waals surface area (Å²) < 4.78 is 28.4. The lowest BCUT2D eigenvalue weighted by atomic mass is 10.4. The number of hydrogen-bond donors (Lipinski definition) is 1. The minimum atomic E-state index is -2.99. The first-order valence-electron chi connectivity index (χ1n) is 6.00. The zero-order chi connectivity index (χ0) is 13.6. The van der Waals surface area contributed by atoms with Gasteiger partial charge in [-0.3, -0.25) is 0 Å². The van der Waals surface area contributed by atoms with Crippen LogP contribution in [-0.4, -0.2) is 37.6 Å². The van der Waals surface area contributed by atoms with Crippen LogP contribution in [0.25, 0.3) is 0 Å². The van der Waals surface area contributed by atoms with Crippen molar-refractivity contribution < 1.29 is 13.2 Å². The van der Waals surface area contributed by atoms with Gasteiger partial charge in [-0.05, 0) is 26.8 Å². The highest BCUT2D eigenvalue weighted by Crippen LogP contribution is 2.11. The Balaban J connectivity index is 2.45. The number of sulfone groups is 1. The van der Waals surface area contributed by atoms with E-state index in [9.17, 15) is 8.42 Å². The van der Waals surface area contributed by atoms with Gasteiger partial charge in [0.05, 0.1) is 29.5 Å². The molecule has 0 aliphatic rings. The van der Waals surface area contributed by atoms with Crippen molar-refractivity contribution in [2.45, 2.75) is 26.0 Å². The van der Waals surface area contributed by atoms with Crippen molar-refractivity contribution in [3.63, 3.8) is 0 Å². The zero-order valence-corrected chi connectivity index (χ0v) is 11.8. The molecule has 1 rings (SSSR count). The van der Waals surface area contributed by atoms with Crippen LogP contribution in [0.1, 0.15) is 20.8 Å². The fourth-order valence-corrected chi connectivity index (χ4v) is 2.15. The number of hydrogen-bond acceptors (Lipinski definition) is 5. The van der Waals surface area contributed by atoms with E-state index in [0.29, 0.717) is 19.0 Å². The van der Waals surface area contributed by atoms with Crippen molar-refractivity contribution >= 4 is 15.5 Å². The number of rotatable bonds is 7. The molecule has 0 unspecified atom stereocenters. The summed E-state index contributed by atoms with van der Waals surface area (Å²) in [6, 6.07) is 3.57. The third kappa shape index (κ3) is 4.52. The van der Waals surface area contributed by atoms with Crippen LogP contribution in [0.2, 0.25) is 0 Å². The molecule has 0 spiro atoms. The van der Waals surface area contributed by atoms with Gasteiger partial charge in [0.15, 0.2) is 9.84 Å². The van der Waals surface area contributed by atoms with Gasteiger partial charge in [-0.25, -0.2) is 13.4 Å². The molecule has 5 nitrogen and oxygen atoms in total. The second-order valence-corrected chi connectivity index (χ2v) is 6.84. The van der Waals surface area contributed by atoms with Gasteiger partial charge < -0.3 is 10.1 Å². The van der Waals surface area contributed by atoms with E-state index < -0.39 is 9.84 Å². The third-order valence-electron chi connectivity index (χ3n) is 2.46. The summed E-state index contributed by atoms with van der Waals surface area (Å²) in [6.07, 6.45) is 1.63. The summed E-state index contributed by atoms with van der Waals surface area (Å²) >= 11 is 0. The van der Waals surface area contributed by atoms with Gasteiger partial charge in [0, 0.05) is 12.6 Å². The summed E-state index contributed by atoms with van der Waals surface area (Å²) in [5, 5.41) is 2.69. The van der Waals surface area contributed by atoms with Crippen LogP contribution >= 0.6 is 0 Å². The molecule has 1 N–H and O–H groups in total. The van der Waals surface area contributed by atoms with Gasteiger partial charge in [0.25, 0.3) is 0 Å². The largest absolute Gasteiger partial charge is 0.478 e. The van der Waals surface area contributed by atoms with Crippen LogP contribution in [0.3, 0.4) is 0 Å². The minimum absolute atomic E-state index is 0.123. The predicted molar refractivity (Wildman–Crippen MR) is 72.8 cm³/mol. The van der Waals surface area contributed by atoms with E-state index in [0.717, 1.165) is 5.69 Å². The van der Waals surface area contributed by atoms with Crippen molar-refractivity contribution in [2.24, 2.45) is 0 Å². The number of anilines is 1. The molecule has 0 fully saturated rings. The molecule has 0 atom stereocenters. The monoisotopic (exact) mass is 272 g/mol. The summed E-state index contributed by atoms with van der Waals surface area (Å²) in [5.74, 6) is 0.690. The molecular weight excluding hydrogens is 252 g/mol. The highest BCUT2D eigenvalue weighted by atomic mass is 32.2. The van der Waals surface area contributed by atoms with Crippen molar-refractivity contribution in [1.29, 1.82) is 0 Å². The Morgan fingerprint density at radius 3 is 2.61 bits per heavy atom. The number of nitrogens with one attached hydrogen (secondary N) is 1. The molecule has 102 valence electrons. The van der Waals surface area contributed by atoms with E-state index in [1.54, 1.807) is 26.1 Å². The molecular formula is C12H20N2O3S. The van der Waals surface area contributed by atoms with E-state index in [-0.39, 0.29) is 11.0 Å². The van der Waals surface area contributed by atoms with Crippen molar-refractivity contribution in [2.75, 3.05) is 24.2 Å². The fraction of sp³-hybridized carbons (Fsp3) is 0.583. The van der Waals surface area contributed by atoms with Crippen molar-refractivity contribution in [1.82, 2.24) is 4.98 Å². The molecule has 6 heteroatoms. The normalized spacial score (nSPS) is 11.6. The van der Waals surface area contributed by atoms with Crippen LogP contribution in [0.15, 0.2) is 18.3 Å². The molecule has 0 saturated carbocycles. The SMILES string of the molecule is CCOc1ccc(NCCS(=O)(=O)C(C)C)cn1. The van der Waals surface area contributed by atoms with E-state index in [1.807, 2.05) is 13.0 Å². The van der Waals surface area contributed by atoms with Crippen molar-refractivity contribution in [3.8, 4) is 5.88 Å². The maximum Gasteiger partial charge on any atom is 0.213 e. The average molecular weight is 272 g/mol. The summed E-state index contributed by atoms with van der Waals surface area (Å²) in [7, 11) is -2.99. The lowest BCUT2D eigenvalue weighted by Crippen LogP contribution is -2.22. The Morgan fingerprint density at radius 2 is 2.11 bits per heavy atom. The van der Waals surface area contributed by atoms with Gasteiger partial charge in [-0.1, -0.05) is 0 Å². The first-order chi connectivity index (χ1) is 8.45.